The fourth-order valence-corrected chi connectivity index (χ4v) is 4.06. The van der Waals surface area contributed by atoms with Gasteiger partial charge in [-0.25, -0.2) is 9.37 Å². The summed E-state index contributed by atoms with van der Waals surface area (Å²) in [4.78, 5) is 19.2. The third-order valence-electron chi connectivity index (χ3n) is 4.59. The van der Waals surface area contributed by atoms with Crippen molar-refractivity contribution in [1.82, 2.24) is 9.88 Å². The Morgan fingerprint density at radius 3 is 2.61 bits per heavy atom. The van der Waals surface area contributed by atoms with Gasteiger partial charge in [-0.1, -0.05) is 19.1 Å². The number of nitrogens with zero attached hydrogens (tertiary/aromatic N) is 2. The molecule has 5 heteroatoms. The maximum atomic E-state index is 13.1. The summed E-state index contributed by atoms with van der Waals surface area (Å²) in [6.07, 6.45) is 4.52. The van der Waals surface area contributed by atoms with Crippen LogP contribution in [0, 0.1) is 5.82 Å². The van der Waals surface area contributed by atoms with Crippen LogP contribution in [0.1, 0.15) is 48.6 Å². The van der Waals surface area contributed by atoms with Crippen LogP contribution in [0.5, 0.6) is 0 Å². The van der Waals surface area contributed by atoms with Gasteiger partial charge in [-0.3, -0.25) is 4.79 Å². The van der Waals surface area contributed by atoms with Gasteiger partial charge in [0.25, 0.3) is 0 Å². The molecule has 1 aliphatic rings. The number of rotatable bonds is 4. The molecule has 0 spiro atoms. The second kappa shape index (κ2) is 7.21. The highest BCUT2D eigenvalue weighted by Gasteiger charge is 2.29. The quantitative estimate of drug-likeness (QED) is 0.841. The van der Waals surface area contributed by atoms with Crippen molar-refractivity contribution in [2.24, 2.45) is 0 Å². The number of carbonyl (C=O) groups is 1. The molecule has 0 bridgehead atoms. The highest BCUT2D eigenvalue weighted by Crippen LogP contribution is 2.31. The monoisotopic (exact) mass is 332 g/mol. The number of likely N-dealkylation sites (tertiary alicyclic amines) is 1. The first-order chi connectivity index (χ1) is 11.2. The lowest BCUT2D eigenvalue weighted by Crippen LogP contribution is -2.40. The number of amides is 1. The fraction of sp³-hybridized carbons (Fsp3) is 0.444. The number of carbonyl (C=O) groups excluding carboxylic acids is 1. The average molecular weight is 332 g/mol. The average Bonchev–Trinajstić information content (AvgIpc) is 3.12. The Morgan fingerprint density at radius 2 is 2.04 bits per heavy atom. The zero-order valence-electron chi connectivity index (χ0n) is 13.2. The van der Waals surface area contributed by atoms with E-state index in [9.17, 15) is 9.18 Å². The van der Waals surface area contributed by atoms with E-state index in [1.807, 2.05) is 23.4 Å². The number of thiazole rings is 1. The van der Waals surface area contributed by atoms with E-state index in [0.29, 0.717) is 5.92 Å². The minimum absolute atomic E-state index is 0.164. The molecule has 1 saturated heterocycles. The lowest BCUT2D eigenvalue weighted by atomic mass is 9.92. The molecule has 3 rings (SSSR count). The van der Waals surface area contributed by atoms with E-state index in [0.717, 1.165) is 37.9 Å². The van der Waals surface area contributed by atoms with Crippen molar-refractivity contribution < 1.29 is 9.18 Å². The highest BCUT2D eigenvalue weighted by molar-refractivity contribution is 7.09. The molecule has 0 aliphatic carbocycles. The molecule has 1 aliphatic heterocycles. The summed E-state index contributed by atoms with van der Waals surface area (Å²) in [6.45, 7) is 3.57. The van der Waals surface area contributed by atoms with Crippen molar-refractivity contribution in [3.05, 3.63) is 52.2 Å². The summed E-state index contributed by atoms with van der Waals surface area (Å²) in [7, 11) is 0. The Labute approximate surface area is 140 Å². The Bertz CT molecular complexity index is 634. The van der Waals surface area contributed by atoms with Crippen molar-refractivity contribution >= 4 is 17.2 Å². The lowest BCUT2D eigenvalue weighted by molar-refractivity contribution is -0.134. The molecule has 2 aromatic rings. The van der Waals surface area contributed by atoms with Crippen LogP contribution in [-0.2, 0) is 4.79 Å². The maximum absolute atomic E-state index is 13.1. The molecule has 3 nitrogen and oxygen atoms in total. The first-order valence-corrected chi connectivity index (χ1v) is 9.00. The van der Waals surface area contributed by atoms with Gasteiger partial charge in [-0.05, 0) is 37.0 Å². The SMILES string of the molecule is CCC(C(=O)N1CCC(c2nccs2)CC1)c1ccc(F)cc1. The fourth-order valence-electron chi connectivity index (χ4n) is 3.25. The van der Waals surface area contributed by atoms with E-state index in [1.165, 1.54) is 17.1 Å². The molecule has 1 atom stereocenters. The van der Waals surface area contributed by atoms with E-state index in [-0.39, 0.29) is 17.6 Å². The van der Waals surface area contributed by atoms with Gasteiger partial charge in [0.2, 0.25) is 5.91 Å². The van der Waals surface area contributed by atoms with E-state index in [4.69, 9.17) is 0 Å². The van der Waals surface area contributed by atoms with E-state index in [1.54, 1.807) is 23.5 Å². The Hall–Kier alpha value is -1.75. The normalized spacial score (nSPS) is 17.2. The predicted octanol–water partition coefficient (Wildman–Crippen LogP) is 4.18. The zero-order valence-corrected chi connectivity index (χ0v) is 14.1. The third kappa shape index (κ3) is 3.61. The molecule has 2 heterocycles. The second-order valence-corrected chi connectivity index (χ2v) is 6.91. The molecule has 1 amide bonds. The molecule has 0 N–H and O–H groups in total. The summed E-state index contributed by atoms with van der Waals surface area (Å²) >= 11 is 1.70. The number of benzene rings is 1. The Balaban J connectivity index is 1.64. The molecule has 0 radical (unpaired) electrons. The minimum Gasteiger partial charge on any atom is -0.342 e. The van der Waals surface area contributed by atoms with E-state index in [2.05, 4.69) is 4.98 Å². The molecule has 1 fully saturated rings. The number of hydrogen-bond donors (Lipinski definition) is 0. The summed E-state index contributed by atoms with van der Waals surface area (Å²) < 4.78 is 13.1. The Kier molecular flexibility index (Phi) is 5.06. The maximum Gasteiger partial charge on any atom is 0.230 e. The summed E-state index contributed by atoms with van der Waals surface area (Å²) in [6, 6.07) is 6.31. The third-order valence-corrected chi connectivity index (χ3v) is 5.52. The van der Waals surface area contributed by atoms with Crippen LogP contribution in [0.4, 0.5) is 4.39 Å². The van der Waals surface area contributed by atoms with Gasteiger partial charge in [0.05, 0.1) is 10.9 Å². The van der Waals surface area contributed by atoms with Crippen LogP contribution in [-0.4, -0.2) is 28.9 Å². The minimum atomic E-state index is -0.264. The molecule has 1 aromatic carbocycles. The first kappa shape index (κ1) is 16.1. The number of piperidine rings is 1. The first-order valence-electron chi connectivity index (χ1n) is 8.12. The standard InChI is InChI=1S/C18H21FN2OS/c1-2-16(13-3-5-15(19)6-4-13)18(22)21-10-7-14(8-11-21)17-20-9-12-23-17/h3-6,9,12,14,16H,2,7-8,10-11H2,1H3. The molecular weight excluding hydrogens is 311 g/mol. The molecule has 1 unspecified atom stereocenters. The largest absolute Gasteiger partial charge is 0.342 e. The topological polar surface area (TPSA) is 33.2 Å². The highest BCUT2D eigenvalue weighted by atomic mass is 32.1. The van der Waals surface area contributed by atoms with Crippen molar-refractivity contribution in [3.8, 4) is 0 Å². The van der Waals surface area contributed by atoms with Crippen LogP contribution < -0.4 is 0 Å². The molecule has 0 saturated carbocycles. The van der Waals surface area contributed by atoms with Gasteiger partial charge in [0, 0.05) is 30.6 Å². The van der Waals surface area contributed by atoms with Gasteiger partial charge >= 0.3 is 0 Å². The van der Waals surface area contributed by atoms with Crippen LogP contribution in [0.25, 0.3) is 0 Å². The number of aromatic nitrogens is 1. The van der Waals surface area contributed by atoms with E-state index >= 15 is 0 Å². The van der Waals surface area contributed by atoms with Crippen LogP contribution in [0.15, 0.2) is 35.8 Å². The predicted molar refractivity (Wildman–Crippen MR) is 90.1 cm³/mol. The van der Waals surface area contributed by atoms with Gasteiger partial charge in [0.1, 0.15) is 5.82 Å². The molecule has 23 heavy (non-hydrogen) atoms. The van der Waals surface area contributed by atoms with Gasteiger partial charge in [0.15, 0.2) is 0 Å². The van der Waals surface area contributed by atoms with Crippen LogP contribution >= 0.6 is 11.3 Å². The van der Waals surface area contributed by atoms with Gasteiger partial charge < -0.3 is 4.90 Å². The van der Waals surface area contributed by atoms with E-state index < -0.39 is 0 Å². The second-order valence-electron chi connectivity index (χ2n) is 5.98. The van der Waals surface area contributed by atoms with Gasteiger partial charge in [-0.15, -0.1) is 11.3 Å². The summed E-state index contributed by atoms with van der Waals surface area (Å²) in [5.74, 6) is 0.203. The zero-order chi connectivity index (χ0) is 16.2. The van der Waals surface area contributed by atoms with Crippen molar-refractivity contribution in [1.29, 1.82) is 0 Å². The smallest absolute Gasteiger partial charge is 0.230 e. The van der Waals surface area contributed by atoms with Crippen LogP contribution in [0.3, 0.4) is 0 Å². The summed E-state index contributed by atoms with van der Waals surface area (Å²) in [5, 5.41) is 3.19. The number of halogens is 1. The van der Waals surface area contributed by atoms with Crippen molar-refractivity contribution in [2.45, 2.75) is 38.0 Å². The molecule has 1 aromatic heterocycles. The number of hydrogen-bond acceptors (Lipinski definition) is 3. The van der Waals surface area contributed by atoms with Crippen molar-refractivity contribution in [3.63, 3.8) is 0 Å². The lowest BCUT2D eigenvalue weighted by Gasteiger charge is -2.33. The van der Waals surface area contributed by atoms with Crippen molar-refractivity contribution in [2.75, 3.05) is 13.1 Å². The molecule has 122 valence electrons. The summed E-state index contributed by atoms with van der Waals surface area (Å²) in [5.41, 5.74) is 0.904. The van der Waals surface area contributed by atoms with Gasteiger partial charge in [-0.2, -0.15) is 0 Å². The van der Waals surface area contributed by atoms with Crippen LogP contribution in [0.2, 0.25) is 0 Å². The molecular formula is C18H21FN2OS. The Morgan fingerprint density at radius 1 is 1.35 bits per heavy atom.